The molecule has 0 heterocycles. The summed E-state index contributed by atoms with van der Waals surface area (Å²) in [7, 11) is 0. The van der Waals surface area contributed by atoms with E-state index in [0.29, 0.717) is 0 Å². The van der Waals surface area contributed by atoms with Gasteiger partial charge < -0.3 is 4.66 Å². The Balaban J connectivity index is 0. The predicted molar refractivity (Wildman–Crippen MR) is 2.22 cm³/mol. The molecule has 30 valence electrons. The minimum Gasteiger partial charge on any atom is -0.506 e. The molecule has 0 rings (SSSR count). The van der Waals surface area contributed by atoms with Crippen molar-refractivity contribution in [1.82, 2.24) is 0 Å². The number of hydrogen-bond acceptors (Lipinski definition) is 2. The van der Waals surface area contributed by atoms with E-state index >= 15 is 0 Å². The molecule has 0 aliphatic heterocycles. The van der Waals surface area contributed by atoms with Crippen molar-refractivity contribution in [1.29, 1.82) is 0 Å². The Morgan fingerprint density at radius 1 is 1.75 bits per heavy atom. The van der Waals surface area contributed by atoms with E-state index in [1.54, 1.807) is 0 Å². The number of halogens is 1. The van der Waals surface area contributed by atoms with Gasteiger partial charge >= 0.3 is 11.3 Å². The molecule has 0 spiro atoms. The molecule has 4 heavy (non-hydrogen) atoms. The Kier molecular flexibility index (Phi) is 20.2. The first-order valence-electron chi connectivity index (χ1n) is 0.323. The molecule has 4 heteroatoms. The Labute approximate surface area is 41.5 Å². The summed E-state index contributed by atoms with van der Waals surface area (Å²) in [5.74, 6) is 0. The topological polar surface area (TPSA) is 43.3 Å². The van der Waals surface area contributed by atoms with Crippen LogP contribution in [0.1, 0.15) is 0 Å². The molecule has 0 aromatic carbocycles. The van der Waals surface area contributed by atoms with Crippen molar-refractivity contribution in [2.45, 2.75) is 0 Å². The average Bonchev–Trinajstić information content (AvgIpc) is 0.918. The Bertz CT molecular complexity index is 6.00. The van der Waals surface area contributed by atoms with Crippen LogP contribution in [0.2, 0.25) is 0 Å². The normalized spacial score (nSPS) is 4.50. The first-order valence-corrected chi connectivity index (χ1v) is 0.970. The SMILES string of the molecule is [O-][Cl+]O.[Pd]. The van der Waals surface area contributed by atoms with Crippen LogP contribution in [0.15, 0.2) is 0 Å². The summed E-state index contributed by atoms with van der Waals surface area (Å²) in [6.07, 6.45) is 0. The fourth-order valence-corrected chi connectivity index (χ4v) is 0. The first kappa shape index (κ1) is 8.86. The summed E-state index contributed by atoms with van der Waals surface area (Å²) in [6.45, 7) is 0. The summed E-state index contributed by atoms with van der Waals surface area (Å²) in [4.78, 5) is 0. The fourth-order valence-electron chi connectivity index (χ4n) is 0. The Hall–Kier alpha value is 0.872. The standard InChI is InChI=1S/ClHO2.Pd/c2-1-3;/h2H;. The third-order valence-electron chi connectivity index (χ3n) is 0. The summed E-state index contributed by atoms with van der Waals surface area (Å²) in [5.41, 5.74) is 0. The summed E-state index contributed by atoms with van der Waals surface area (Å²) in [5, 5.41) is 0. The summed E-state index contributed by atoms with van der Waals surface area (Å²) >= 11 is -0.167. The van der Waals surface area contributed by atoms with Gasteiger partial charge in [-0.25, -0.2) is 0 Å². The third kappa shape index (κ3) is 13.2. The maximum Gasteiger partial charge on any atom is 0.327 e. The van der Waals surface area contributed by atoms with Crippen LogP contribution in [-0.4, -0.2) is 4.66 Å². The zero-order valence-electron chi connectivity index (χ0n) is 1.55. The fraction of sp³-hybridized carbons (Fsp3) is 0. The second kappa shape index (κ2) is 9.11. The van der Waals surface area contributed by atoms with Crippen molar-refractivity contribution in [3.8, 4) is 0 Å². The van der Waals surface area contributed by atoms with Gasteiger partial charge in [-0.05, 0) is 0 Å². The van der Waals surface area contributed by atoms with Crippen LogP contribution >= 0.6 is 0 Å². The van der Waals surface area contributed by atoms with E-state index in [1.807, 2.05) is 0 Å². The molecule has 0 radical (unpaired) electrons. The van der Waals surface area contributed by atoms with Gasteiger partial charge in [0, 0.05) is 20.4 Å². The van der Waals surface area contributed by atoms with Gasteiger partial charge in [0.1, 0.15) is 0 Å². The zero-order valence-corrected chi connectivity index (χ0v) is 3.86. The molecular formula is HClO2Pd. The van der Waals surface area contributed by atoms with Crippen LogP contribution in [0.3, 0.4) is 0 Å². The molecule has 2 nitrogen and oxygen atoms in total. The second-order valence-corrected chi connectivity index (χ2v) is 0.207. The second-order valence-electron chi connectivity index (χ2n) is 0.0690. The number of rotatable bonds is 0. The molecule has 0 saturated heterocycles. The minimum absolute atomic E-state index is 0. The smallest absolute Gasteiger partial charge is 0.327 e. The van der Waals surface area contributed by atoms with Crippen molar-refractivity contribution >= 4 is 0 Å². The maximum atomic E-state index is 8.35. The largest absolute Gasteiger partial charge is 0.506 e. The van der Waals surface area contributed by atoms with Gasteiger partial charge in [-0.15, -0.1) is 4.66 Å². The van der Waals surface area contributed by atoms with Crippen molar-refractivity contribution in [3.63, 3.8) is 0 Å². The molecule has 0 saturated carbocycles. The average molecular weight is 175 g/mol. The van der Waals surface area contributed by atoms with Gasteiger partial charge in [-0.1, -0.05) is 0 Å². The van der Waals surface area contributed by atoms with E-state index in [2.05, 4.69) is 0 Å². The van der Waals surface area contributed by atoms with Gasteiger partial charge in [0.25, 0.3) is 0 Å². The van der Waals surface area contributed by atoms with Crippen LogP contribution in [0.25, 0.3) is 0 Å². The van der Waals surface area contributed by atoms with Gasteiger partial charge in [-0.2, -0.15) is 0 Å². The van der Waals surface area contributed by atoms with E-state index in [-0.39, 0.29) is 31.7 Å². The Morgan fingerprint density at radius 2 is 1.75 bits per heavy atom. The summed E-state index contributed by atoms with van der Waals surface area (Å²) < 4.78 is 15.2. The monoisotopic (exact) mass is 174 g/mol. The van der Waals surface area contributed by atoms with Crippen LogP contribution in [0.5, 0.6) is 0 Å². The van der Waals surface area contributed by atoms with E-state index in [0.717, 1.165) is 0 Å². The predicted octanol–water partition coefficient (Wildman–Crippen LogP) is -1.75. The van der Waals surface area contributed by atoms with Crippen molar-refractivity contribution in [2.75, 3.05) is 0 Å². The number of hydrogen-bond donors (Lipinski definition) is 1. The third-order valence-corrected chi connectivity index (χ3v) is 0. The van der Waals surface area contributed by atoms with Gasteiger partial charge in [-0.3, -0.25) is 0 Å². The molecule has 0 aliphatic carbocycles. The molecule has 0 aromatic rings. The van der Waals surface area contributed by atoms with Crippen LogP contribution in [0, 0.1) is 11.3 Å². The van der Waals surface area contributed by atoms with Crippen molar-refractivity contribution < 1.29 is 41.1 Å². The van der Waals surface area contributed by atoms with E-state index in [9.17, 15) is 0 Å². The molecule has 0 aromatic heterocycles. The Morgan fingerprint density at radius 3 is 1.75 bits per heavy atom. The summed E-state index contributed by atoms with van der Waals surface area (Å²) in [6, 6.07) is 0. The van der Waals surface area contributed by atoms with Crippen LogP contribution in [-0.2, 0) is 20.4 Å². The van der Waals surface area contributed by atoms with E-state index in [1.165, 1.54) is 0 Å². The molecule has 0 bridgehead atoms. The van der Waals surface area contributed by atoms with E-state index in [4.69, 9.17) is 9.32 Å². The minimum atomic E-state index is -0.167. The molecule has 0 unspecified atom stereocenters. The maximum absolute atomic E-state index is 8.35. The molecule has 0 fully saturated rings. The van der Waals surface area contributed by atoms with Gasteiger partial charge in [0.15, 0.2) is 0 Å². The van der Waals surface area contributed by atoms with Gasteiger partial charge in [0.05, 0.1) is 0 Å². The molecular weight excluding hydrogens is 174 g/mol. The molecule has 0 atom stereocenters. The van der Waals surface area contributed by atoms with E-state index < -0.39 is 0 Å². The molecule has 1 N–H and O–H groups in total. The van der Waals surface area contributed by atoms with Crippen LogP contribution < -0.4 is 4.66 Å². The quantitative estimate of drug-likeness (QED) is 0.443. The molecule has 0 amide bonds. The van der Waals surface area contributed by atoms with Gasteiger partial charge in [0.2, 0.25) is 0 Å². The molecule has 0 aliphatic rings. The zero-order chi connectivity index (χ0) is 2.71. The van der Waals surface area contributed by atoms with Crippen molar-refractivity contribution in [2.24, 2.45) is 0 Å². The first-order chi connectivity index (χ1) is 1.41. The van der Waals surface area contributed by atoms with Crippen molar-refractivity contribution in [3.05, 3.63) is 0 Å². The van der Waals surface area contributed by atoms with Crippen LogP contribution in [0.4, 0.5) is 0 Å².